The van der Waals surface area contributed by atoms with E-state index < -0.39 is 0 Å². The molecule has 0 rings (SSSR count). The lowest BCUT2D eigenvalue weighted by Gasteiger charge is -2.24. The number of rotatable bonds is 7. The van der Waals surface area contributed by atoms with Crippen LogP contribution in [0.25, 0.3) is 0 Å². The summed E-state index contributed by atoms with van der Waals surface area (Å²) in [6, 6.07) is 0.676. The van der Waals surface area contributed by atoms with Crippen LogP contribution >= 0.6 is 0 Å². The highest BCUT2D eigenvalue weighted by Gasteiger charge is 2.07. The predicted octanol–water partition coefficient (Wildman–Crippen LogP) is 1.72. The number of likely N-dealkylation sites (N-methyl/N-ethyl adjacent to an activating group) is 2. The van der Waals surface area contributed by atoms with E-state index in [-0.39, 0.29) is 0 Å². The fraction of sp³-hybridized carbons (Fsp3) is 1.00. The minimum Gasteiger partial charge on any atom is -0.313 e. The van der Waals surface area contributed by atoms with Crippen molar-refractivity contribution in [2.75, 3.05) is 26.2 Å². The van der Waals surface area contributed by atoms with Crippen LogP contribution in [0.15, 0.2) is 0 Å². The van der Waals surface area contributed by atoms with Crippen molar-refractivity contribution < 1.29 is 0 Å². The Kier molecular flexibility index (Phi) is 7.51. The van der Waals surface area contributed by atoms with Crippen molar-refractivity contribution in [3.05, 3.63) is 0 Å². The lowest BCUT2D eigenvalue weighted by Crippen LogP contribution is -2.40. The topological polar surface area (TPSA) is 15.3 Å². The van der Waals surface area contributed by atoms with Crippen LogP contribution in [0.2, 0.25) is 0 Å². The van der Waals surface area contributed by atoms with Crippen molar-refractivity contribution in [3.8, 4) is 0 Å². The zero-order valence-corrected chi connectivity index (χ0v) is 9.06. The fourth-order valence-corrected chi connectivity index (χ4v) is 1.42. The summed E-state index contributed by atoms with van der Waals surface area (Å²) in [5.41, 5.74) is 0. The Bertz CT molecular complexity index is 89.8. The SMILES string of the molecule is CCNC(CC)CN(CC)CC. The van der Waals surface area contributed by atoms with Gasteiger partial charge in [-0.05, 0) is 26.1 Å². The third kappa shape index (κ3) is 4.73. The van der Waals surface area contributed by atoms with E-state index in [0.717, 1.165) is 6.54 Å². The molecule has 0 heterocycles. The Morgan fingerprint density at radius 1 is 1.08 bits per heavy atom. The Morgan fingerprint density at radius 2 is 1.67 bits per heavy atom. The minimum atomic E-state index is 0.676. The van der Waals surface area contributed by atoms with Crippen LogP contribution in [0.4, 0.5) is 0 Å². The van der Waals surface area contributed by atoms with Gasteiger partial charge in [-0.3, -0.25) is 0 Å². The van der Waals surface area contributed by atoms with Crippen LogP contribution < -0.4 is 5.32 Å². The molecule has 0 bridgehead atoms. The summed E-state index contributed by atoms with van der Waals surface area (Å²) < 4.78 is 0. The van der Waals surface area contributed by atoms with Crippen molar-refractivity contribution in [2.45, 2.75) is 40.2 Å². The van der Waals surface area contributed by atoms with Gasteiger partial charge >= 0.3 is 0 Å². The summed E-state index contributed by atoms with van der Waals surface area (Å²) in [5, 5.41) is 3.49. The van der Waals surface area contributed by atoms with Crippen molar-refractivity contribution in [1.82, 2.24) is 10.2 Å². The number of hydrogen-bond acceptors (Lipinski definition) is 2. The van der Waals surface area contributed by atoms with E-state index in [4.69, 9.17) is 0 Å². The van der Waals surface area contributed by atoms with Gasteiger partial charge in [-0.1, -0.05) is 27.7 Å². The summed E-state index contributed by atoms with van der Waals surface area (Å²) in [6.45, 7) is 13.5. The van der Waals surface area contributed by atoms with Crippen LogP contribution in [0.1, 0.15) is 34.1 Å². The van der Waals surface area contributed by atoms with E-state index in [1.807, 2.05) is 0 Å². The molecule has 0 aliphatic heterocycles. The molecule has 0 aromatic rings. The molecule has 12 heavy (non-hydrogen) atoms. The molecular formula is C10H24N2. The smallest absolute Gasteiger partial charge is 0.0192 e. The van der Waals surface area contributed by atoms with E-state index in [1.54, 1.807) is 0 Å². The Labute approximate surface area is 77.3 Å². The van der Waals surface area contributed by atoms with Crippen LogP contribution in [0.5, 0.6) is 0 Å². The molecule has 74 valence electrons. The lowest BCUT2D eigenvalue weighted by molar-refractivity contribution is 0.262. The standard InChI is InChI=1S/C10H24N2/c1-5-10(11-6-2)9-12(7-3)8-4/h10-11H,5-9H2,1-4H3. The van der Waals surface area contributed by atoms with E-state index in [2.05, 4.69) is 37.9 Å². The Balaban J connectivity index is 3.65. The van der Waals surface area contributed by atoms with Crippen molar-refractivity contribution in [1.29, 1.82) is 0 Å². The van der Waals surface area contributed by atoms with Crippen LogP contribution in [0.3, 0.4) is 0 Å². The maximum absolute atomic E-state index is 3.49. The van der Waals surface area contributed by atoms with Gasteiger partial charge in [0.1, 0.15) is 0 Å². The van der Waals surface area contributed by atoms with Gasteiger partial charge in [0.2, 0.25) is 0 Å². The first-order valence-corrected chi connectivity index (χ1v) is 5.24. The van der Waals surface area contributed by atoms with Gasteiger partial charge in [0.15, 0.2) is 0 Å². The van der Waals surface area contributed by atoms with Gasteiger partial charge in [-0.25, -0.2) is 0 Å². The average Bonchev–Trinajstić information content (AvgIpc) is 2.12. The van der Waals surface area contributed by atoms with Crippen molar-refractivity contribution in [3.63, 3.8) is 0 Å². The first-order valence-electron chi connectivity index (χ1n) is 5.24. The molecule has 1 N–H and O–H groups in total. The molecule has 0 aromatic heterocycles. The monoisotopic (exact) mass is 172 g/mol. The Hall–Kier alpha value is -0.0800. The van der Waals surface area contributed by atoms with E-state index in [9.17, 15) is 0 Å². The summed E-state index contributed by atoms with van der Waals surface area (Å²) in [4.78, 5) is 2.47. The Morgan fingerprint density at radius 3 is 2.00 bits per heavy atom. The number of nitrogens with one attached hydrogen (secondary N) is 1. The molecule has 0 fully saturated rings. The molecule has 0 amide bonds. The van der Waals surface area contributed by atoms with E-state index >= 15 is 0 Å². The predicted molar refractivity (Wildman–Crippen MR) is 55.5 cm³/mol. The molecule has 2 nitrogen and oxygen atoms in total. The fourth-order valence-electron chi connectivity index (χ4n) is 1.42. The zero-order valence-electron chi connectivity index (χ0n) is 9.06. The normalized spacial score (nSPS) is 13.8. The second-order valence-electron chi connectivity index (χ2n) is 3.15. The van der Waals surface area contributed by atoms with Gasteiger partial charge in [0, 0.05) is 12.6 Å². The first kappa shape index (κ1) is 11.9. The molecule has 0 aliphatic rings. The lowest BCUT2D eigenvalue weighted by atomic mass is 10.2. The maximum Gasteiger partial charge on any atom is 0.0192 e. The molecule has 1 unspecified atom stereocenters. The minimum absolute atomic E-state index is 0.676. The first-order chi connectivity index (χ1) is 5.78. The molecule has 0 saturated heterocycles. The van der Waals surface area contributed by atoms with Crippen molar-refractivity contribution in [2.24, 2.45) is 0 Å². The van der Waals surface area contributed by atoms with Gasteiger partial charge in [-0.15, -0.1) is 0 Å². The largest absolute Gasteiger partial charge is 0.313 e. The third-order valence-corrected chi connectivity index (χ3v) is 2.36. The number of hydrogen-bond donors (Lipinski definition) is 1. The second kappa shape index (κ2) is 7.56. The van der Waals surface area contributed by atoms with Crippen molar-refractivity contribution >= 4 is 0 Å². The van der Waals surface area contributed by atoms with Gasteiger partial charge in [0.05, 0.1) is 0 Å². The second-order valence-corrected chi connectivity index (χ2v) is 3.15. The molecule has 1 atom stereocenters. The van der Waals surface area contributed by atoms with Crippen LogP contribution in [-0.4, -0.2) is 37.1 Å². The highest BCUT2D eigenvalue weighted by Crippen LogP contribution is 1.95. The van der Waals surface area contributed by atoms with Crippen LogP contribution in [-0.2, 0) is 0 Å². The molecule has 2 heteroatoms. The highest BCUT2D eigenvalue weighted by atomic mass is 15.1. The third-order valence-electron chi connectivity index (χ3n) is 2.36. The van der Waals surface area contributed by atoms with Gasteiger partial charge in [0.25, 0.3) is 0 Å². The molecule has 0 saturated carbocycles. The summed E-state index contributed by atoms with van der Waals surface area (Å²) in [5.74, 6) is 0. The number of nitrogens with zero attached hydrogens (tertiary/aromatic N) is 1. The van der Waals surface area contributed by atoms with Gasteiger partial charge in [-0.2, -0.15) is 0 Å². The summed E-state index contributed by atoms with van der Waals surface area (Å²) in [7, 11) is 0. The summed E-state index contributed by atoms with van der Waals surface area (Å²) in [6.07, 6.45) is 1.23. The maximum atomic E-state index is 3.49. The highest BCUT2D eigenvalue weighted by molar-refractivity contribution is 4.68. The summed E-state index contributed by atoms with van der Waals surface area (Å²) >= 11 is 0. The molecule has 0 spiro atoms. The molecular weight excluding hydrogens is 148 g/mol. The molecule has 0 aliphatic carbocycles. The zero-order chi connectivity index (χ0) is 9.40. The van der Waals surface area contributed by atoms with Gasteiger partial charge < -0.3 is 10.2 Å². The average molecular weight is 172 g/mol. The quantitative estimate of drug-likeness (QED) is 0.629. The molecule has 0 aromatic carbocycles. The van der Waals surface area contributed by atoms with Crippen LogP contribution in [0, 0.1) is 0 Å². The molecule has 0 radical (unpaired) electrons. The van der Waals surface area contributed by atoms with E-state index in [1.165, 1.54) is 26.1 Å². The van der Waals surface area contributed by atoms with E-state index in [0.29, 0.717) is 6.04 Å².